The summed E-state index contributed by atoms with van der Waals surface area (Å²) in [6.45, 7) is 5.25. The maximum Gasteiger partial charge on any atom is 0.408 e. The van der Waals surface area contributed by atoms with Crippen molar-refractivity contribution in [2.24, 2.45) is 0 Å². The van der Waals surface area contributed by atoms with Crippen LogP contribution in [0.4, 0.5) is 4.79 Å². The van der Waals surface area contributed by atoms with Crippen LogP contribution in [0.3, 0.4) is 0 Å². The van der Waals surface area contributed by atoms with Crippen LogP contribution >= 0.6 is 11.6 Å². The predicted molar refractivity (Wildman–Crippen MR) is 88.1 cm³/mol. The molecular formula is C16H23ClN2O4. The normalized spacial score (nSPS) is 12.4. The van der Waals surface area contributed by atoms with E-state index in [9.17, 15) is 9.59 Å². The molecule has 0 aromatic heterocycles. The van der Waals surface area contributed by atoms with Crippen LogP contribution in [0, 0.1) is 0 Å². The second kappa shape index (κ2) is 8.17. The van der Waals surface area contributed by atoms with E-state index in [-0.39, 0.29) is 6.42 Å². The van der Waals surface area contributed by atoms with Gasteiger partial charge in [0.1, 0.15) is 11.6 Å². The van der Waals surface area contributed by atoms with Crippen LogP contribution in [0.2, 0.25) is 5.02 Å². The topological polar surface area (TPSA) is 67.9 Å². The van der Waals surface area contributed by atoms with Crippen LogP contribution < -0.4 is 5.32 Å². The fourth-order valence-electron chi connectivity index (χ4n) is 1.86. The standard InChI is InChI=1S/C16H23ClN2O4/c1-16(2,3)23-15(21)18-13(14(20)19(4)22-5)10-11-7-6-8-12(17)9-11/h6-9,13H,10H2,1-5H3,(H,18,21). The summed E-state index contributed by atoms with van der Waals surface area (Å²) in [4.78, 5) is 29.2. The Balaban J connectivity index is 2.89. The maximum absolute atomic E-state index is 12.4. The van der Waals surface area contributed by atoms with Crippen molar-refractivity contribution in [2.45, 2.75) is 38.8 Å². The molecule has 1 N–H and O–H groups in total. The number of hydroxylamine groups is 2. The van der Waals surface area contributed by atoms with Gasteiger partial charge in [0.25, 0.3) is 5.91 Å². The minimum atomic E-state index is -0.826. The minimum Gasteiger partial charge on any atom is -0.444 e. The Labute approximate surface area is 141 Å². The molecule has 1 rings (SSSR count). The van der Waals surface area contributed by atoms with Gasteiger partial charge in [0, 0.05) is 18.5 Å². The average molecular weight is 343 g/mol. The molecule has 7 heteroatoms. The number of carbonyl (C=O) groups is 2. The minimum absolute atomic E-state index is 0.270. The van der Waals surface area contributed by atoms with Gasteiger partial charge >= 0.3 is 6.09 Å². The van der Waals surface area contributed by atoms with E-state index in [2.05, 4.69) is 5.32 Å². The molecule has 0 aliphatic rings. The quantitative estimate of drug-likeness (QED) is 0.835. The van der Waals surface area contributed by atoms with Crippen LogP contribution in [-0.4, -0.2) is 42.9 Å². The van der Waals surface area contributed by atoms with Crippen molar-refractivity contribution >= 4 is 23.6 Å². The number of carbonyl (C=O) groups excluding carboxylic acids is 2. The number of amides is 2. The van der Waals surface area contributed by atoms with Crippen molar-refractivity contribution in [1.82, 2.24) is 10.4 Å². The zero-order valence-electron chi connectivity index (χ0n) is 14.1. The van der Waals surface area contributed by atoms with Crippen molar-refractivity contribution in [3.63, 3.8) is 0 Å². The summed E-state index contributed by atoms with van der Waals surface area (Å²) in [7, 11) is 2.85. The first-order valence-corrected chi connectivity index (χ1v) is 7.56. The van der Waals surface area contributed by atoms with Gasteiger partial charge in [0.15, 0.2) is 0 Å². The van der Waals surface area contributed by atoms with Gasteiger partial charge in [-0.2, -0.15) is 0 Å². The Morgan fingerprint density at radius 3 is 2.52 bits per heavy atom. The monoisotopic (exact) mass is 342 g/mol. The van der Waals surface area contributed by atoms with Gasteiger partial charge in [0.05, 0.1) is 7.11 Å². The number of rotatable bonds is 5. The van der Waals surface area contributed by atoms with Crippen LogP contribution in [-0.2, 0) is 20.8 Å². The van der Waals surface area contributed by atoms with E-state index in [1.54, 1.807) is 39.0 Å². The molecule has 0 radical (unpaired) electrons. The fraction of sp³-hybridized carbons (Fsp3) is 0.500. The van der Waals surface area contributed by atoms with Crippen molar-refractivity contribution < 1.29 is 19.2 Å². The molecule has 1 aromatic rings. The number of likely N-dealkylation sites (N-methyl/N-ethyl adjacent to an activating group) is 1. The Kier molecular flexibility index (Phi) is 6.84. The third-order valence-electron chi connectivity index (χ3n) is 2.90. The largest absolute Gasteiger partial charge is 0.444 e. The first-order valence-electron chi connectivity index (χ1n) is 7.18. The van der Waals surface area contributed by atoms with Gasteiger partial charge in [-0.25, -0.2) is 9.86 Å². The molecule has 0 heterocycles. The molecule has 1 unspecified atom stereocenters. The Bertz CT molecular complexity index is 557. The number of halogens is 1. The van der Waals surface area contributed by atoms with Crippen LogP contribution in [0.5, 0.6) is 0 Å². The highest BCUT2D eigenvalue weighted by molar-refractivity contribution is 6.30. The molecule has 1 aromatic carbocycles. The van der Waals surface area contributed by atoms with Gasteiger partial charge in [-0.1, -0.05) is 23.7 Å². The summed E-state index contributed by atoms with van der Waals surface area (Å²) in [5.41, 5.74) is 0.164. The van der Waals surface area contributed by atoms with Gasteiger partial charge in [-0.15, -0.1) is 0 Å². The Morgan fingerprint density at radius 2 is 2.00 bits per heavy atom. The maximum atomic E-state index is 12.4. The zero-order valence-corrected chi connectivity index (χ0v) is 14.8. The van der Waals surface area contributed by atoms with E-state index >= 15 is 0 Å². The number of nitrogens with zero attached hydrogens (tertiary/aromatic N) is 1. The van der Waals surface area contributed by atoms with Gasteiger partial charge in [-0.3, -0.25) is 9.63 Å². The van der Waals surface area contributed by atoms with E-state index < -0.39 is 23.6 Å². The summed E-state index contributed by atoms with van der Waals surface area (Å²) in [6, 6.07) is 6.27. The lowest BCUT2D eigenvalue weighted by atomic mass is 10.1. The molecule has 23 heavy (non-hydrogen) atoms. The Morgan fingerprint density at radius 1 is 1.35 bits per heavy atom. The highest BCUT2D eigenvalue weighted by atomic mass is 35.5. The number of benzene rings is 1. The lowest BCUT2D eigenvalue weighted by Crippen LogP contribution is -2.49. The van der Waals surface area contributed by atoms with Crippen LogP contribution in [0.1, 0.15) is 26.3 Å². The Hall–Kier alpha value is -1.79. The first-order chi connectivity index (χ1) is 10.6. The van der Waals surface area contributed by atoms with Crippen LogP contribution in [0.15, 0.2) is 24.3 Å². The van der Waals surface area contributed by atoms with Crippen molar-refractivity contribution in [2.75, 3.05) is 14.2 Å². The summed E-state index contributed by atoms with van der Waals surface area (Å²) < 4.78 is 5.21. The van der Waals surface area contributed by atoms with E-state index in [1.807, 2.05) is 6.07 Å². The SMILES string of the molecule is CON(C)C(=O)C(Cc1cccc(Cl)c1)NC(=O)OC(C)(C)C. The zero-order chi connectivity index (χ0) is 17.6. The molecule has 0 fully saturated rings. The van der Waals surface area contributed by atoms with Gasteiger partial charge < -0.3 is 10.1 Å². The van der Waals surface area contributed by atoms with E-state index in [0.29, 0.717) is 5.02 Å². The number of nitrogens with one attached hydrogen (secondary N) is 1. The lowest BCUT2D eigenvalue weighted by molar-refractivity contribution is -0.171. The van der Waals surface area contributed by atoms with Crippen LogP contribution in [0.25, 0.3) is 0 Å². The summed E-state index contributed by atoms with van der Waals surface area (Å²) in [5, 5.41) is 4.20. The van der Waals surface area contributed by atoms with E-state index in [1.165, 1.54) is 14.2 Å². The molecule has 2 amide bonds. The lowest BCUT2D eigenvalue weighted by Gasteiger charge is -2.25. The number of ether oxygens (including phenoxy) is 1. The molecule has 0 bridgehead atoms. The average Bonchev–Trinajstić information content (AvgIpc) is 2.43. The highest BCUT2D eigenvalue weighted by Gasteiger charge is 2.27. The van der Waals surface area contributed by atoms with E-state index in [0.717, 1.165) is 10.6 Å². The molecule has 0 aliphatic heterocycles. The fourth-order valence-corrected chi connectivity index (χ4v) is 2.07. The van der Waals surface area contributed by atoms with Gasteiger partial charge in [0.2, 0.25) is 0 Å². The summed E-state index contributed by atoms with van der Waals surface area (Å²) in [5.74, 6) is -0.390. The predicted octanol–water partition coefficient (Wildman–Crippen LogP) is 2.80. The second-order valence-corrected chi connectivity index (χ2v) is 6.49. The van der Waals surface area contributed by atoms with Gasteiger partial charge in [-0.05, 0) is 38.5 Å². The smallest absolute Gasteiger partial charge is 0.408 e. The third-order valence-corrected chi connectivity index (χ3v) is 3.14. The number of hydrogen-bond donors (Lipinski definition) is 1. The molecule has 0 saturated heterocycles. The van der Waals surface area contributed by atoms with Crippen molar-refractivity contribution in [1.29, 1.82) is 0 Å². The summed E-state index contributed by atoms with van der Waals surface area (Å²) >= 11 is 5.96. The molecule has 1 atom stereocenters. The number of hydrogen-bond acceptors (Lipinski definition) is 4. The summed E-state index contributed by atoms with van der Waals surface area (Å²) in [6.07, 6.45) is -0.394. The molecule has 6 nitrogen and oxygen atoms in total. The highest BCUT2D eigenvalue weighted by Crippen LogP contribution is 2.14. The van der Waals surface area contributed by atoms with Crippen molar-refractivity contribution in [3.8, 4) is 0 Å². The molecule has 128 valence electrons. The number of alkyl carbamates (subject to hydrolysis) is 1. The van der Waals surface area contributed by atoms with E-state index in [4.69, 9.17) is 21.2 Å². The second-order valence-electron chi connectivity index (χ2n) is 6.05. The molecule has 0 saturated carbocycles. The molecular weight excluding hydrogens is 320 g/mol. The molecule has 0 spiro atoms. The first kappa shape index (κ1) is 19.3. The third kappa shape index (κ3) is 6.88. The molecule has 0 aliphatic carbocycles. The van der Waals surface area contributed by atoms with Crippen molar-refractivity contribution in [3.05, 3.63) is 34.9 Å².